The van der Waals surface area contributed by atoms with Crippen molar-refractivity contribution in [3.63, 3.8) is 0 Å². The Labute approximate surface area is 188 Å². The van der Waals surface area contributed by atoms with E-state index in [0.717, 1.165) is 16.9 Å². The molecule has 0 saturated carbocycles. The second-order valence-electron chi connectivity index (χ2n) is 8.35. The van der Waals surface area contributed by atoms with Crippen molar-refractivity contribution in [1.82, 2.24) is 5.32 Å². The smallest absolute Gasteiger partial charge is 0.321 e. The molecule has 0 amide bonds. The van der Waals surface area contributed by atoms with Gasteiger partial charge in [0.1, 0.15) is 25.0 Å². The van der Waals surface area contributed by atoms with Crippen LogP contribution in [0.25, 0.3) is 0 Å². The van der Waals surface area contributed by atoms with E-state index in [1.807, 2.05) is 43.3 Å². The number of carbonyl (C=O) groups is 1. The number of hydrogen-bond donors (Lipinski definition) is 2. The number of rotatable bonds is 9. The van der Waals surface area contributed by atoms with Crippen LogP contribution in [0.1, 0.15) is 44.2 Å². The van der Waals surface area contributed by atoms with Crippen LogP contribution in [0.5, 0.6) is 17.2 Å². The standard InChI is InChI=1S/C24H31NO5S/c1-5-28-21-14-16(22-25-18(15-31-22)23(26)27)10-11-20(21)30-13-12-29-19-9-7-6-8-17(19)24(2,3)4/h6-11,14,18,22,25H,5,12-13,15H2,1-4H3,(H,26,27). The molecule has 0 bridgehead atoms. The highest BCUT2D eigenvalue weighted by Gasteiger charge is 2.30. The van der Waals surface area contributed by atoms with Gasteiger partial charge in [-0.05, 0) is 41.7 Å². The molecule has 1 heterocycles. The van der Waals surface area contributed by atoms with Gasteiger partial charge in [-0.3, -0.25) is 10.1 Å². The molecule has 0 radical (unpaired) electrons. The Hall–Kier alpha value is -2.38. The van der Waals surface area contributed by atoms with E-state index in [0.29, 0.717) is 37.1 Å². The molecule has 7 heteroatoms. The second-order valence-corrected chi connectivity index (χ2v) is 9.49. The van der Waals surface area contributed by atoms with Gasteiger partial charge in [-0.1, -0.05) is 45.0 Å². The summed E-state index contributed by atoms with van der Waals surface area (Å²) in [5.41, 5.74) is 2.14. The van der Waals surface area contributed by atoms with Gasteiger partial charge >= 0.3 is 5.97 Å². The van der Waals surface area contributed by atoms with Crippen molar-refractivity contribution in [2.24, 2.45) is 0 Å². The van der Waals surface area contributed by atoms with Crippen molar-refractivity contribution in [1.29, 1.82) is 0 Å². The van der Waals surface area contributed by atoms with Gasteiger partial charge < -0.3 is 19.3 Å². The normalized spacial score (nSPS) is 18.6. The van der Waals surface area contributed by atoms with Crippen molar-refractivity contribution in [2.45, 2.75) is 44.5 Å². The number of carboxylic acids is 1. The molecule has 0 aliphatic carbocycles. The zero-order chi connectivity index (χ0) is 22.4. The summed E-state index contributed by atoms with van der Waals surface area (Å²) >= 11 is 1.58. The Balaban J connectivity index is 1.61. The van der Waals surface area contributed by atoms with E-state index >= 15 is 0 Å². The molecule has 1 saturated heterocycles. The first-order valence-corrected chi connectivity index (χ1v) is 11.6. The molecule has 168 valence electrons. The minimum Gasteiger partial charge on any atom is -0.490 e. The summed E-state index contributed by atoms with van der Waals surface area (Å²) < 4.78 is 17.7. The summed E-state index contributed by atoms with van der Waals surface area (Å²) in [6.45, 7) is 9.73. The molecule has 1 fully saturated rings. The lowest BCUT2D eigenvalue weighted by atomic mass is 9.86. The molecule has 6 nitrogen and oxygen atoms in total. The maximum atomic E-state index is 11.2. The van der Waals surface area contributed by atoms with Crippen LogP contribution in [0.4, 0.5) is 0 Å². The van der Waals surface area contributed by atoms with Crippen LogP contribution >= 0.6 is 11.8 Å². The molecule has 1 aliphatic rings. The van der Waals surface area contributed by atoms with E-state index in [4.69, 9.17) is 14.2 Å². The van der Waals surface area contributed by atoms with Gasteiger partial charge in [0.05, 0.1) is 12.0 Å². The lowest BCUT2D eigenvalue weighted by molar-refractivity contribution is -0.138. The monoisotopic (exact) mass is 445 g/mol. The first-order valence-electron chi connectivity index (χ1n) is 10.5. The first kappa shape index (κ1) is 23.3. The van der Waals surface area contributed by atoms with Gasteiger partial charge in [0.15, 0.2) is 11.5 Å². The third-order valence-corrected chi connectivity index (χ3v) is 6.21. The predicted octanol–water partition coefficient (Wildman–Crippen LogP) is 4.63. The minimum absolute atomic E-state index is 0.00134. The van der Waals surface area contributed by atoms with Crippen molar-refractivity contribution < 1.29 is 24.1 Å². The van der Waals surface area contributed by atoms with E-state index in [1.165, 1.54) is 0 Å². The SMILES string of the molecule is CCOc1cc(C2NC(C(=O)O)CS2)ccc1OCCOc1ccccc1C(C)(C)C. The fraction of sp³-hybridized carbons (Fsp3) is 0.458. The molecule has 2 aromatic rings. The number of aliphatic carboxylic acids is 1. The third-order valence-electron chi connectivity index (χ3n) is 4.94. The molecule has 2 N–H and O–H groups in total. The van der Waals surface area contributed by atoms with Crippen LogP contribution in [0.15, 0.2) is 42.5 Å². The lowest BCUT2D eigenvalue weighted by Crippen LogP contribution is -2.33. The van der Waals surface area contributed by atoms with Gasteiger partial charge in [0.25, 0.3) is 0 Å². The van der Waals surface area contributed by atoms with Crippen LogP contribution in [-0.2, 0) is 10.2 Å². The number of thioether (sulfide) groups is 1. The highest BCUT2D eigenvalue weighted by atomic mass is 32.2. The molecule has 2 aromatic carbocycles. The number of carboxylic acid groups (broad SMARTS) is 1. The number of benzene rings is 2. The summed E-state index contributed by atoms with van der Waals surface area (Å²) in [4.78, 5) is 11.2. The summed E-state index contributed by atoms with van der Waals surface area (Å²) in [7, 11) is 0. The van der Waals surface area contributed by atoms with Crippen LogP contribution in [0, 0.1) is 0 Å². The van der Waals surface area contributed by atoms with Gasteiger partial charge in [-0.25, -0.2) is 0 Å². The Kier molecular flexibility index (Phi) is 7.73. The summed E-state index contributed by atoms with van der Waals surface area (Å²) in [5.74, 6) is 1.88. The van der Waals surface area contributed by atoms with Crippen molar-refractivity contribution in [3.8, 4) is 17.2 Å². The molecule has 31 heavy (non-hydrogen) atoms. The minimum atomic E-state index is -0.826. The Morgan fingerprint density at radius 2 is 1.77 bits per heavy atom. The van der Waals surface area contributed by atoms with E-state index in [2.05, 4.69) is 32.2 Å². The maximum absolute atomic E-state index is 11.2. The molecule has 0 spiro atoms. The molecular weight excluding hydrogens is 414 g/mol. The van der Waals surface area contributed by atoms with Gasteiger partial charge in [-0.2, -0.15) is 0 Å². The topological polar surface area (TPSA) is 77.0 Å². The summed E-state index contributed by atoms with van der Waals surface area (Å²) in [5, 5.41) is 12.2. The third kappa shape index (κ3) is 6.08. The average Bonchev–Trinajstić information content (AvgIpc) is 3.22. The van der Waals surface area contributed by atoms with Gasteiger partial charge in [0.2, 0.25) is 0 Å². The molecule has 2 unspecified atom stereocenters. The maximum Gasteiger partial charge on any atom is 0.321 e. The highest BCUT2D eigenvalue weighted by Crippen LogP contribution is 2.37. The number of nitrogens with one attached hydrogen (secondary N) is 1. The van der Waals surface area contributed by atoms with Crippen molar-refractivity contribution >= 4 is 17.7 Å². The molecular formula is C24H31NO5S. The molecule has 3 rings (SSSR count). The van der Waals surface area contributed by atoms with Crippen LogP contribution in [0.3, 0.4) is 0 Å². The number of ether oxygens (including phenoxy) is 3. The largest absolute Gasteiger partial charge is 0.490 e. The lowest BCUT2D eigenvalue weighted by Gasteiger charge is -2.22. The quantitative estimate of drug-likeness (QED) is 0.545. The summed E-state index contributed by atoms with van der Waals surface area (Å²) in [6, 6.07) is 13.3. The van der Waals surface area contributed by atoms with Crippen molar-refractivity contribution in [3.05, 3.63) is 53.6 Å². The zero-order valence-electron chi connectivity index (χ0n) is 18.5. The predicted molar refractivity (Wildman–Crippen MR) is 124 cm³/mol. The van der Waals surface area contributed by atoms with Crippen molar-refractivity contribution in [2.75, 3.05) is 25.6 Å². The van der Waals surface area contributed by atoms with Crippen LogP contribution in [0.2, 0.25) is 0 Å². The van der Waals surface area contributed by atoms with E-state index in [-0.39, 0.29) is 10.8 Å². The Bertz CT molecular complexity index is 896. The fourth-order valence-corrected chi connectivity index (χ4v) is 4.62. The Morgan fingerprint density at radius 3 is 2.42 bits per heavy atom. The highest BCUT2D eigenvalue weighted by molar-refractivity contribution is 7.99. The average molecular weight is 446 g/mol. The fourth-order valence-electron chi connectivity index (χ4n) is 3.40. The number of para-hydroxylation sites is 1. The Morgan fingerprint density at radius 1 is 1.06 bits per heavy atom. The van der Waals surface area contributed by atoms with Crippen LogP contribution in [-0.4, -0.2) is 42.7 Å². The van der Waals surface area contributed by atoms with E-state index < -0.39 is 12.0 Å². The van der Waals surface area contributed by atoms with Gasteiger partial charge in [0, 0.05) is 5.75 Å². The van der Waals surface area contributed by atoms with Gasteiger partial charge in [-0.15, -0.1) is 11.8 Å². The van der Waals surface area contributed by atoms with Crippen LogP contribution < -0.4 is 19.5 Å². The molecule has 0 aromatic heterocycles. The zero-order valence-corrected chi connectivity index (χ0v) is 19.3. The van der Waals surface area contributed by atoms with E-state index in [1.54, 1.807) is 11.8 Å². The van der Waals surface area contributed by atoms with E-state index in [9.17, 15) is 9.90 Å². The molecule has 1 aliphatic heterocycles. The molecule has 2 atom stereocenters. The second kappa shape index (κ2) is 10.3. The number of hydrogen-bond acceptors (Lipinski definition) is 6. The summed E-state index contributed by atoms with van der Waals surface area (Å²) in [6.07, 6.45) is 0. The first-order chi connectivity index (χ1) is 14.8.